The van der Waals surface area contributed by atoms with Gasteiger partial charge in [-0.3, -0.25) is 14.4 Å². The molecule has 152 valence electrons. The zero-order chi connectivity index (χ0) is 21.0. The van der Waals surface area contributed by atoms with E-state index in [1.807, 2.05) is 62.4 Å². The number of nitrogens with one attached hydrogen (secondary N) is 1. The van der Waals surface area contributed by atoms with Gasteiger partial charge in [0, 0.05) is 24.4 Å². The lowest BCUT2D eigenvalue weighted by Crippen LogP contribution is -2.46. The first-order valence-electron chi connectivity index (χ1n) is 9.54. The van der Waals surface area contributed by atoms with Gasteiger partial charge < -0.3 is 15.1 Å². The lowest BCUT2D eigenvalue weighted by molar-refractivity contribution is -0.133. The normalized spacial score (nSPS) is 17.0. The molecule has 2 aromatic rings. The molecule has 3 rings (SSSR count). The van der Waals surface area contributed by atoms with Crippen LogP contribution in [0.5, 0.6) is 0 Å². The minimum absolute atomic E-state index is 0.0502. The summed E-state index contributed by atoms with van der Waals surface area (Å²) in [5, 5.41) is 2.53. The Bertz CT molecular complexity index is 903. The van der Waals surface area contributed by atoms with E-state index < -0.39 is 0 Å². The molecule has 0 radical (unpaired) electrons. The first-order valence-corrected chi connectivity index (χ1v) is 10.4. The number of anilines is 2. The summed E-state index contributed by atoms with van der Waals surface area (Å²) < 4.78 is 0. The molecule has 0 bridgehead atoms. The second-order valence-corrected chi connectivity index (χ2v) is 8.56. The van der Waals surface area contributed by atoms with E-state index in [0.717, 1.165) is 4.90 Å². The van der Waals surface area contributed by atoms with Crippen LogP contribution in [0.2, 0.25) is 0 Å². The Balaban J connectivity index is 1.71. The molecule has 2 aromatic carbocycles. The molecular formula is C22H25N3O3S. The Morgan fingerprint density at radius 3 is 2.55 bits per heavy atom. The molecule has 0 saturated heterocycles. The number of hydrogen-bond donors (Lipinski definition) is 1. The second-order valence-electron chi connectivity index (χ2n) is 7.15. The first kappa shape index (κ1) is 20.9. The van der Waals surface area contributed by atoms with Crippen LogP contribution in [0.3, 0.4) is 0 Å². The Hall–Kier alpha value is -2.80. The molecule has 1 aliphatic rings. The summed E-state index contributed by atoms with van der Waals surface area (Å²) in [6, 6.07) is 16.6. The summed E-state index contributed by atoms with van der Waals surface area (Å²) >= 11 is 1.46. The smallest absolute Gasteiger partial charge is 0.246 e. The SMILES string of the molecule is C[C@@H](Sc1ccccc1)C(=O)N(C)CC(=O)N1c2ccccc2NC(=O)C[C@@H]1C. The van der Waals surface area contributed by atoms with Crippen molar-refractivity contribution in [3.05, 3.63) is 54.6 Å². The van der Waals surface area contributed by atoms with Crippen molar-refractivity contribution in [3.63, 3.8) is 0 Å². The Morgan fingerprint density at radius 1 is 1.17 bits per heavy atom. The fourth-order valence-corrected chi connectivity index (χ4v) is 4.39. The van der Waals surface area contributed by atoms with Gasteiger partial charge in [-0.1, -0.05) is 30.3 Å². The molecule has 0 aromatic heterocycles. The van der Waals surface area contributed by atoms with Gasteiger partial charge in [-0.2, -0.15) is 0 Å². The summed E-state index contributed by atoms with van der Waals surface area (Å²) in [4.78, 5) is 42.1. The Morgan fingerprint density at radius 2 is 1.83 bits per heavy atom. The molecule has 1 N–H and O–H groups in total. The minimum Gasteiger partial charge on any atom is -0.335 e. The van der Waals surface area contributed by atoms with E-state index >= 15 is 0 Å². The maximum Gasteiger partial charge on any atom is 0.246 e. The Kier molecular flexibility index (Phi) is 6.59. The van der Waals surface area contributed by atoms with E-state index in [0.29, 0.717) is 11.4 Å². The highest BCUT2D eigenvalue weighted by molar-refractivity contribution is 8.00. The van der Waals surface area contributed by atoms with Gasteiger partial charge in [0.2, 0.25) is 17.7 Å². The van der Waals surface area contributed by atoms with Crippen molar-refractivity contribution in [2.45, 2.75) is 36.5 Å². The Labute approximate surface area is 175 Å². The van der Waals surface area contributed by atoms with Gasteiger partial charge in [0.1, 0.15) is 0 Å². The molecule has 3 amide bonds. The average molecular weight is 412 g/mol. The van der Waals surface area contributed by atoms with Gasteiger partial charge >= 0.3 is 0 Å². The van der Waals surface area contributed by atoms with Gasteiger partial charge in [0.25, 0.3) is 0 Å². The van der Waals surface area contributed by atoms with E-state index in [1.54, 1.807) is 18.0 Å². The number of likely N-dealkylation sites (N-methyl/N-ethyl adjacent to an activating group) is 1. The summed E-state index contributed by atoms with van der Waals surface area (Å²) in [7, 11) is 1.64. The average Bonchev–Trinajstić information content (AvgIpc) is 2.82. The van der Waals surface area contributed by atoms with Crippen LogP contribution >= 0.6 is 11.8 Å². The van der Waals surface area contributed by atoms with Crippen molar-refractivity contribution in [3.8, 4) is 0 Å². The van der Waals surface area contributed by atoms with Crippen LogP contribution in [0.15, 0.2) is 59.5 Å². The molecule has 0 spiro atoms. The highest BCUT2D eigenvalue weighted by Gasteiger charge is 2.31. The van der Waals surface area contributed by atoms with Crippen LogP contribution in [0.1, 0.15) is 20.3 Å². The van der Waals surface area contributed by atoms with Crippen LogP contribution in [-0.4, -0.2) is 47.5 Å². The topological polar surface area (TPSA) is 69.7 Å². The number of fused-ring (bicyclic) bond motifs is 1. The number of amides is 3. The number of nitrogens with zero attached hydrogens (tertiary/aromatic N) is 2. The highest BCUT2D eigenvalue weighted by atomic mass is 32.2. The van der Waals surface area contributed by atoms with Crippen molar-refractivity contribution >= 4 is 40.9 Å². The van der Waals surface area contributed by atoms with Crippen molar-refractivity contribution < 1.29 is 14.4 Å². The van der Waals surface area contributed by atoms with Gasteiger partial charge in [0.15, 0.2) is 0 Å². The molecule has 6 nitrogen and oxygen atoms in total. The van der Waals surface area contributed by atoms with Crippen LogP contribution in [0.25, 0.3) is 0 Å². The summed E-state index contributed by atoms with van der Waals surface area (Å²) in [6.07, 6.45) is 0.207. The predicted molar refractivity (Wildman–Crippen MR) is 116 cm³/mol. The first-order chi connectivity index (χ1) is 13.9. The van der Waals surface area contributed by atoms with Gasteiger partial charge in [0.05, 0.1) is 23.2 Å². The fourth-order valence-electron chi connectivity index (χ4n) is 3.39. The number of para-hydroxylation sites is 2. The molecule has 0 saturated carbocycles. The second kappa shape index (κ2) is 9.13. The number of benzene rings is 2. The maximum atomic E-state index is 13.1. The molecule has 1 aliphatic heterocycles. The molecule has 29 heavy (non-hydrogen) atoms. The largest absolute Gasteiger partial charge is 0.335 e. The van der Waals surface area contributed by atoms with Crippen LogP contribution in [0.4, 0.5) is 11.4 Å². The number of carbonyl (C=O) groups excluding carboxylic acids is 3. The molecule has 0 aliphatic carbocycles. The van der Waals surface area contributed by atoms with E-state index in [9.17, 15) is 14.4 Å². The minimum atomic E-state index is -0.313. The van der Waals surface area contributed by atoms with Crippen molar-refractivity contribution in [1.29, 1.82) is 0 Å². The monoisotopic (exact) mass is 411 g/mol. The van der Waals surface area contributed by atoms with Crippen LogP contribution in [0, 0.1) is 0 Å². The van der Waals surface area contributed by atoms with Gasteiger partial charge in [-0.05, 0) is 38.1 Å². The number of hydrogen-bond acceptors (Lipinski definition) is 4. The molecule has 0 fully saturated rings. The van der Waals surface area contributed by atoms with Crippen molar-refractivity contribution in [1.82, 2.24) is 4.90 Å². The van der Waals surface area contributed by atoms with Crippen LogP contribution < -0.4 is 10.2 Å². The lowest BCUT2D eigenvalue weighted by atomic mass is 10.1. The van der Waals surface area contributed by atoms with Gasteiger partial charge in [-0.15, -0.1) is 11.8 Å². The zero-order valence-electron chi connectivity index (χ0n) is 16.8. The number of thioether (sulfide) groups is 1. The zero-order valence-corrected chi connectivity index (χ0v) is 17.6. The van der Waals surface area contributed by atoms with E-state index in [1.165, 1.54) is 16.7 Å². The molecular weight excluding hydrogens is 386 g/mol. The molecule has 7 heteroatoms. The van der Waals surface area contributed by atoms with E-state index in [-0.39, 0.29) is 42.0 Å². The quantitative estimate of drug-likeness (QED) is 0.766. The third kappa shape index (κ3) is 4.98. The van der Waals surface area contributed by atoms with E-state index in [2.05, 4.69) is 5.32 Å². The lowest BCUT2D eigenvalue weighted by Gasteiger charge is -2.30. The molecule has 1 heterocycles. The summed E-state index contributed by atoms with van der Waals surface area (Å²) in [5.41, 5.74) is 1.26. The maximum absolute atomic E-state index is 13.1. The third-order valence-corrected chi connectivity index (χ3v) is 5.88. The number of rotatable bonds is 5. The van der Waals surface area contributed by atoms with Crippen molar-refractivity contribution in [2.24, 2.45) is 0 Å². The third-order valence-electron chi connectivity index (χ3n) is 4.78. The van der Waals surface area contributed by atoms with E-state index in [4.69, 9.17) is 0 Å². The van der Waals surface area contributed by atoms with Crippen LogP contribution in [-0.2, 0) is 14.4 Å². The predicted octanol–water partition coefficient (Wildman–Crippen LogP) is 3.39. The molecule has 0 unspecified atom stereocenters. The summed E-state index contributed by atoms with van der Waals surface area (Å²) in [5.74, 6) is -0.455. The fraction of sp³-hybridized carbons (Fsp3) is 0.318. The molecule has 2 atom stereocenters. The summed E-state index contributed by atoms with van der Waals surface area (Å²) in [6.45, 7) is 3.63. The highest BCUT2D eigenvalue weighted by Crippen LogP contribution is 2.31. The number of carbonyl (C=O) groups is 3. The van der Waals surface area contributed by atoms with Crippen molar-refractivity contribution in [2.75, 3.05) is 23.8 Å². The standard InChI is InChI=1S/C22H25N3O3S/c1-15-13-20(26)23-18-11-7-8-12-19(18)25(15)21(27)14-24(3)22(28)16(2)29-17-9-5-4-6-10-17/h4-12,15-16H,13-14H2,1-3H3,(H,23,26)/t15-,16+/m0/s1. The van der Waals surface area contributed by atoms with Gasteiger partial charge in [-0.25, -0.2) is 0 Å².